The van der Waals surface area contributed by atoms with Crippen LogP contribution in [0.5, 0.6) is 5.75 Å². The Morgan fingerprint density at radius 3 is 2.46 bits per heavy atom. The molecule has 2 aliphatic heterocycles. The van der Waals surface area contributed by atoms with Crippen LogP contribution >= 0.6 is 11.6 Å². The summed E-state index contributed by atoms with van der Waals surface area (Å²) in [5.41, 5.74) is 0.0375. The lowest BCUT2D eigenvalue weighted by Crippen LogP contribution is -2.47. The normalized spacial score (nSPS) is 21.6. The van der Waals surface area contributed by atoms with Crippen LogP contribution in [0.15, 0.2) is 30.5 Å². The molecular weight excluding hydrogens is 471 g/mol. The van der Waals surface area contributed by atoms with Gasteiger partial charge in [0.25, 0.3) is 0 Å². The number of piperazine rings is 1. The van der Waals surface area contributed by atoms with Gasteiger partial charge in [0.1, 0.15) is 5.82 Å². The fraction of sp³-hybridized carbons (Fsp3) is 0.480. The average Bonchev–Trinajstić information content (AvgIpc) is 3.49. The van der Waals surface area contributed by atoms with Crippen LogP contribution in [0.4, 0.5) is 21.7 Å². The summed E-state index contributed by atoms with van der Waals surface area (Å²) in [6, 6.07) is 7.67. The second-order valence-electron chi connectivity index (χ2n) is 9.55. The second kappa shape index (κ2) is 8.64. The molecule has 1 aromatic carbocycles. The lowest BCUT2D eigenvalue weighted by atomic mass is 10.1. The number of ether oxygens (including phenoxy) is 1. The highest BCUT2D eigenvalue weighted by molar-refractivity contribution is 6.35. The maximum atomic E-state index is 15.1. The number of hydrogen-bond acceptors (Lipinski definition) is 8. The van der Waals surface area contributed by atoms with E-state index in [2.05, 4.69) is 24.7 Å². The first-order valence-electron chi connectivity index (χ1n) is 12.1. The molecule has 0 radical (unpaired) electrons. The number of rotatable bonds is 5. The molecule has 2 aromatic heterocycles. The molecule has 1 atom stereocenters. The SMILES string of the molecule is COc1cccnc1N1CCN(c2nc(C3(F)CC3)nc3c(Cl)cc(N4CC[C@H](O)C4)cc23)CC1. The first kappa shape index (κ1) is 22.5. The summed E-state index contributed by atoms with van der Waals surface area (Å²) in [6.07, 6.45) is 3.02. The van der Waals surface area contributed by atoms with Gasteiger partial charge in [-0.2, -0.15) is 0 Å². The molecule has 3 aromatic rings. The van der Waals surface area contributed by atoms with Gasteiger partial charge in [0.05, 0.1) is 23.8 Å². The fourth-order valence-electron chi connectivity index (χ4n) is 5.00. The van der Waals surface area contributed by atoms with E-state index in [0.717, 1.165) is 48.7 Å². The van der Waals surface area contributed by atoms with Crippen molar-refractivity contribution in [2.75, 3.05) is 61.1 Å². The number of methoxy groups -OCH3 is 1. The molecule has 0 unspecified atom stereocenters. The van der Waals surface area contributed by atoms with Gasteiger partial charge in [0.2, 0.25) is 0 Å². The minimum Gasteiger partial charge on any atom is -0.493 e. The molecule has 35 heavy (non-hydrogen) atoms. The summed E-state index contributed by atoms with van der Waals surface area (Å²) < 4.78 is 20.6. The largest absolute Gasteiger partial charge is 0.493 e. The summed E-state index contributed by atoms with van der Waals surface area (Å²) in [4.78, 5) is 20.4. The smallest absolute Gasteiger partial charge is 0.171 e. The van der Waals surface area contributed by atoms with Gasteiger partial charge in [-0.15, -0.1) is 0 Å². The highest BCUT2D eigenvalue weighted by atomic mass is 35.5. The Kier molecular flexibility index (Phi) is 5.56. The van der Waals surface area contributed by atoms with Crippen molar-refractivity contribution in [3.63, 3.8) is 0 Å². The summed E-state index contributed by atoms with van der Waals surface area (Å²) in [5.74, 6) is 2.50. The molecule has 4 heterocycles. The number of anilines is 3. The van der Waals surface area contributed by atoms with Crippen molar-refractivity contribution in [3.8, 4) is 5.75 Å². The minimum absolute atomic E-state index is 0.222. The van der Waals surface area contributed by atoms with Gasteiger partial charge in [-0.05, 0) is 43.5 Å². The zero-order valence-electron chi connectivity index (χ0n) is 19.6. The zero-order chi connectivity index (χ0) is 24.2. The van der Waals surface area contributed by atoms with Gasteiger partial charge >= 0.3 is 0 Å². The fourth-order valence-corrected chi connectivity index (χ4v) is 5.26. The molecule has 1 N–H and O–H groups in total. The Morgan fingerprint density at radius 1 is 1.06 bits per heavy atom. The number of hydrogen-bond donors (Lipinski definition) is 1. The zero-order valence-corrected chi connectivity index (χ0v) is 20.4. The van der Waals surface area contributed by atoms with Crippen LogP contribution in [0.1, 0.15) is 25.1 Å². The molecule has 0 bridgehead atoms. The van der Waals surface area contributed by atoms with Gasteiger partial charge in [-0.3, -0.25) is 0 Å². The van der Waals surface area contributed by atoms with Crippen LogP contribution in [0, 0.1) is 0 Å². The van der Waals surface area contributed by atoms with E-state index in [-0.39, 0.29) is 11.9 Å². The maximum Gasteiger partial charge on any atom is 0.171 e. The molecule has 3 aliphatic rings. The van der Waals surface area contributed by atoms with E-state index >= 15 is 4.39 Å². The van der Waals surface area contributed by atoms with E-state index < -0.39 is 5.67 Å². The summed E-state index contributed by atoms with van der Waals surface area (Å²) in [7, 11) is 1.65. The molecule has 184 valence electrons. The van der Waals surface area contributed by atoms with Crippen molar-refractivity contribution in [1.82, 2.24) is 15.0 Å². The van der Waals surface area contributed by atoms with Crippen LogP contribution in [-0.2, 0) is 5.67 Å². The summed E-state index contributed by atoms with van der Waals surface area (Å²) in [6.45, 7) is 4.15. The topological polar surface area (TPSA) is 77.9 Å². The van der Waals surface area contributed by atoms with Crippen molar-refractivity contribution in [1.29, 1.82) is 0 Å². The van der Waals surface area contributed by atoms with E-state index in [0.29, 0.717) is 48.8 Å². The number of benzene rings is 1. The molecule has 0 amide bonds. The molecule has 3 fully saturated rings. The maximum absolute atomic E-state index is 15.1. The molecule has 10 heteroatoms. The monoisotopic (exact) mass is 498 g/mol. The van der Waals surface area contributed by atoms with Crippen LogP contribution < -0.4 is 19.4 Å². The third-order valence-corrected chi connectivity index (χ3v) is 7.47. The van der Waals surface area contributed by atoms with Crippen LogP contribution in [0.25, 0.3) is 10.9 Å². The second-order valence-corrected chi connectivity index (χ2v) is 9.96. The Bertz CT molecular complexity index is 1260. The first-order valence-corrected chi connectivity index (χ1v) is 12.5. The number of pyridine rings is 1. The van der Waals surface area contributed by atoms with E-state index in [1.165, 1.54) is 0 Å². The molecule has 6 rings (SSSR count). The molecule has 1 saturated carbocycles. The molecule has 8 nitrogen and oxygen atoms in total. The standard InChI is InChI=1S/C25H28ClFN6O2/c1-35-20-3-2-7-28-23(20)32-11-9-31(10-12-32)22-18-13-16(33-8-4-17(34)15-33)14-19(26)21(18)29-24(30-22)25(27)5-6-25/h2-3,7,13-14,17,34H,4-6,8-12,15H2,1H3/t17-/m0/s1. The predicted octanol–water partition coefficient (Wildman–Crippen LogP) is 3.54. The summed E-state index contributed by atoms with van der Waals surface area (Å²) >= 11 is 6.72. The highest BCUT2D eigenvalue weighted by Gasteiger charge is 2.48. The van der Waals surface area contributed by atoms with Crippen LogP contribution in [0.2, 0.25) is 5.02 Å². The minimum atomic E-state index is -1.47. The third kappa shape index (κ3) is 4.10. The van der Waals surface area contributed by atoms with Crippen molar-refractivity contribution in [2.45, 2.75) is 31.0 Å². The van der Waals surface area contributed by atoms with Gasteiger partial charge in [-0.1, -0.05) is 11.6 Å². The Morgan fingerprint density at radius 2 is 1.80 bits per heavy atom. The molecule has 2 saturated heterocycles. The van der Waals surface area contributed by atoms with Gasteiger partial charge < -0.3 is 24.5 Å². The van der Waals surface area contributed by atoms with Crippen LogP contribution in [0.3, 0.4) is 0 Å². The first-order chi connectivity index (χ1) is 16.9. The predicted molar refractivity (Wildman–Crippen MR) is 135 cm³/mol. The third-order valence-electron chi connectivity index (χ3n) is 7.19. The number of halogens is 2. The lowest BCUT2D eigenvalue weighted by molar-refractivity contribution is 0.198. The Hall–Kier alpha value is -2.91. The van der Waals surface area contributed by atoms with Crippen molar-refractivity contribution < 1.29 is 14.2 Å². The number of aliphatic hydroxyl groups is 1. The van der Waals surface area contributed by atoms with Gasteiger partial charge in [-0.25, -0.2) is 19.3 Å². The highest BCUT2D eigenvalue weighted by Crippen LogP contribution is 2.49. The number of aromatic nitrogens is 3. The van der Waals surface area contributed by atoms with Crippen LogP contribution in [-0.4, -0.2) is 72.5 Å². The quantitative estimate of drug-likeness (QED) is 0.572. The number of fused-ring (bicyclic) bond motifs is 1. The Labute approximate surface area is 208 Å². The number of nitrogens with zero attached hydrogens (tertiary/aromatic N) is 6. The lowest BCUT2D eigenvalue weighted by Gasteiger charge is -2.37. The van der Waals surface area contributed by atoms with E-state index in [1.807, 2.05) is 24.3 Å². The van der Waals surface area contributed by atoms with Gasteiger partial charge in [0.15, 0.2) is 23.1 Å². The molecular formula is C25H28ClFN6O2. The average molecular weight is 499 g/mol. The summed E-state index contributed by atoms with van der Waals surface area (Å²) in [5, 5.41) is 11.3. The number of β-amino-alcohol motifs (C(OH)–C–C–N with tert-alkyl or cyclic N) is 1. The Balaban J connectivity index is 1.36. The van der Waals surface area contributed by atoms with Crippen molar-refractivity contribution >= 4 is 39.8 Å². The van der Waals surface area contributed by atoms with E-state index in [9.17, 15) is 5.11 Å². The van der Waals surface area contributed by atoms with E-state index in [1.54, 1.807) is 13.3 Å². The van der Waals surface area contributed by atoms with Crippen molar-refractivity contribution in [3.05, 3.63) is 41.3 Å². The van der Waals surface area contributed by atoms with Crippen molar-refractivity contribution in [2.24, 2.45) is 0 Å². The van der Waals surface area contributed by atoms with Gasteiger partial charge in [0, 0.05) is 56.5 Å². The van der Waals surface area contributed by atoms with E-state index in [4.69, 9.17) is 21.3 Å². The molecule has 1 aliphatic carbocycles. The molecule has 0 spiro atoms. The number of aliphatic hydroxyl groups excluding tert-OH is 1. The number of alkyl halides is 1.